The van der Waals surface area contributed by atoms with Crippen molar-refractivity contribution >= 4 is 18.3 Å². The van der Waals surface area contributed by atoms with Crippen molar-refractivity contribution in [2.45, 2.75) is 13.0 Å². The lowest BCUT2D eigenvalue weighted by molar-refractivity contribution is 0.0631. The first-order valence-corrected chi connectivity index (χ1v) is 8.62. The Labute approximate surface area is 160 Å². The molecule has 1 aliphatic heterocycles. The van der Waals surface area contributed by atoms with E-state index in [9.17, 15) is 4.79 Å². The number of hydrogen-bond donors (Lipinski definition) is 1. The number of nitrogens with zero attached hydrogens (tertiary/aromatic N) is 1. The number of rotatable bonds is 5. The van der Waals surface area contributed by atoms with E-state index in [1.807, 2.05) is 60.4 Å². The van der Waals surface area contributed by atoms with Crippen molar-refractivity contribution in [3.63, 3.8) is 0 Å². The number of amides is 1. The third-order valence-corrected chi connectivity index (χ3v) is 4.41. The summed E-state index contributed by atoms with van der Waals surface area (Å²) in [6.45, 7) is 4.71. The molecule has 1 unspecified atom stereocenters. The van der Waals surface area contributed by atoms with Gasteiger partial charge in [0, 0.05) is 30.8 Å². The van der Waals surface area contributed by atoms with E-state index in [0.717, 1.165) is 23.6 Å². The van der Waals surface area contributed by atoms with Crippen molar-refractivity contribution < 1.29 is 14.3 Å². The lowest BCUT2D eigenvalue weighted by Gasteiger charge is -2.37. The summed E-state index contributed by atoms with van der Waals surface area (Å²) in [5.41, 5.74) is 1.70. The van der Waals surface area contributed by atoms with Gasteiger partial charge in [-0.1, -0.05) is 18.2 Å². The van der Waals surface area contributed by atoms with Crippen LogP contribution in [0.25, 0.3) is 0 Å². The zero-order chi connectivity index (χ0) is 17.6. The molecule has 3 rings (SSSR count). The highest BCUT2D eigenvalue weighted by Gasteiger charge is 2.30. The minimum Gasteiger partial charge on any atom is -0.496 e. The SMILES string of the molecule is CCOc1ccc(C(=O)N2CCNCC2c2ccccc2OC)cc1.Cl. The lowest BCUT2D eigenvalue weighted by Crippen LogP contribution is -2.48. The summed E-state index contributed by atoms with van der Waals surface area (Å²) in [6, 6.07) is 15.2. The van der Waals surface area contributed by atoms with Gasteiger partial charge in [0.05, 0.1) is 19.8 Å². The summed E-state index contributed by atoms with van der Waals surface area (Å²) in [7, 11) is 1.66. The van der Waals surface area contributed by atoms with Crippen LogP contribution in [-0.4, -0.2) is 44.2 Å². The maximum atomic E-state index is 13.1. The van der Waals surface area contributed by atoms with Crippen molar-refractivity contribution in [1.29, 1.82) is 0 Å². The standard InChI is InChI=1S/C20H24N2O3.ClH/c1-3-25-16-10-8-15(9-11-16)20(23)22-13-12-21-14-18(22)17-6-4-5-7-19(17)24-2;/h4-11,18,21H,3,12-14H2,1-2H3;1H. The Morgan fingerprint density at radius 3 is 2.62 bits per heavy atom. The zero-order valence-corrected chi connectivity index (χ0v) is 15.9. The smallest absolute Gasteiger partial charge is 0.254 e. The third kappa shape index (κ3) is 4.29. The van der Waals surface area contributed by atoms with Gasteiger partial charge in [-0.15, -0.1) is 12.4 Å². The molecule has 0 saturated carbocycles. The van der Waals surface area contributed by atoms with Crippen molar-refractivity contribution in [2.75, 3.05) is 33.4 Å². The van der Waals surface area contributed by atoms with Crippen LogP contribution in [0, 0.1) is 0 Å². The second-order valence-electron chi connectivity index (χ2n) is 5.92. The number of hydrogen-bond acceptors (Lipinski definition) is 4. The summed E-state index contributed by atoms with van der Waals surface area (Å²) in [5.74, 6) is 1.61. The molecule has 140 valence electrons. The zero-order valence-electron chi connectivity index (χ0n) is 15.1. The van der Waals surface area contributed by atoms with E-state index in [2.05, 4.69) is 5.32 Å². The quantitative estimate of drug-likeness (QED) is 0.869. The topological polar surface area (TPSA) is 50.8 Å². The molecule has 0 radical (unpaired) electrons. The Bertz CT molecular complexity index is 721. The molecule has 1 saturated heterocycles. The average molecular weight is 377 g/mol. The van der Waals surface area contributed by atoms with Gasteiger partial charge in [0.1, 0.15) is 11.5 Å². The van der Waals surface area contributed by atoms with Gasteiger partial charge < -0.3 is 19.7 Å². The van der Waals surface area contributed by atoms with Gasteiger partial charge in [-0.3, -0.25) is 4.79 Å². The monoisotopic (exact) mass is 376 g/mol. The number of piperazine rings is 1. The molecule has 2 aromatic carbocycles. The third-order valence-electron chi connectivity index (χ3n) is 4.41. The number of carbonyl (C=O) groups excluding carboxylic acids is 1. The molecule has 0 aromatic heterocycles. The fourth-order valence-corrected chi connectivity index (χ4v) is 3.19. The second kappa shape index (κ2) is 9.46. The predicted molar refractivity (Wildman–Crippen MR) is 105 cm³/mol. The van der Waals surface area contributed by atoms with E-state index < -0.39 is 0 Å². The number of halogens is 1. The van der Waals surface area contributed by atoms with Crippen LogP contribution in [0.1, 0.15) is 28.9 Å². The van der Waals surface area contributed by atoms with Gasteiger partial charge in [0.15, 0.2) is 0 Å². The van der Waals surface area contributed by atoms with E-state index in [4.69, 9.17) is 9.47 Å². The first kappa shape index (κ1) is 20.1. The molecule has 0 aliphatic carbocycles. The van der Waals surface area contributed by atoms with E-state index in [1.54, 1.807) is 7.11 Å². The van der Waals surface area contributed by atoms with E-state index in [0.29, 0.717) is 25.3 Å². The van der Waals surface area contributed by atoms with E-state index in [-0.39, 0.29) is 24.4 Å². The molecule has 6 heteroatoms. The molecule has 1 amide bonds. The number of ether oxygens (including phenoxy) is 2. The molecule has 1 aliphatic rings. The highest BCUT2D eigenvalue weighted by molar-refractivity contribution is 5.94. The highest BCUT2D eigenvalue weighted by atomic mass is 35.5. The first-order valence-electron chi connectivity index (χ1n) is 8.62. The maximum Gasteiger partial charge on any atom is 0.254 e. The molecule has 2 aromatic rings. The normalized spacial score (nSPS) is 16.5. The van der Waals surface area contributed by atoms with Crippen LogP contribution >= 0.6 is 12.4 Å². The first-order chi connectivity index (χ1) is 12.2. The number of carbonyl (C=O) groups is 1. The molecular weight excluding hydrogens is 352 g/mol. The maximum absolute atomic E-state index is 13.1. The van der Waals surface area contributed by atoms with Crippen molar-refractivity contribution in [3.8, 4) is 11.5 Å². The van der Waals surface area contributed by atoms with Crippen LogP contribution < -0.4 is 14.8 Å². The Balaban J connectivity index is 0.00000243. The van der Waals surface area contributed by atoms with Crippen LogP contribution in [0.2, 0.25) is 0 Å². The Hall–Kier alpha value is -2.24. The summed E-state index contributed by atoms with van der Waals surface area (Å²) >= 11 is 0. The molecule has 0 spiro atoms. The van der Waals surface area contributed by atoms with Crippen molar-refractivity contribution in [1.82, 2.24) is 10.2 Å². The Kier molecular flexibility index (Phi) is 7.30. The lowest BCUT2D eigenvalue weighted by atomic mass is 10.0. The molecule has 1 fully saturated rings. The van der Waals surface area contributed by atoms with Crippen LogP contribution in [0.15, 0.2) is 48.5 Å². The van der Waals surface area contributed by atoms with Crippen LogP contribution in [0.3, 0.4) is 0 Å². The summed E-state index contributed by atoms with van der Waals surface area (Å²) in [6.07, 6.45) is 0. The molecule has 1 atom stereocenters. The fourth-order valence-electron chi connectivity index (χ4n) is 3.19. The van der Waals surface area contributed by atoms with Gasteiger partial charge in [-0.05, 0) is 37.3 Å². The minimum atomic E-state index is -0.0519. The molecule has 26 heavy (non-hydrogen) atoms. The van der Waals surface area contributed by atoms with Gasteiger partial charge in [0.2, 0.25) is 0 Å². The highest BCUT2D eigenvalue weighted by Crippen LogP contribution is 2.31. The number of methoxy groups -OCH3 is 1. The van der Waals surface area contributed by atoms with Gasteiger partial charge in [0.25, 0.3) is 5.91 Å². The van der Waals surface area contributed by atoms with Crippen molar-refractivity contribution in [3.05, 3.63) is 59.7 Å². The molecule has 1 N–H and O–H groups in total. The number of nitrogens with one attached hydrogen (secondary N) is 1. The van der Waals surface area contributed by atoms with Crippen LogP contribution in [-0.2, 0) is 0 Å². The van der Waals surface area contributed by atoms with Gasteiger partial charge in [-0.2, -0.15) is 0 Å². The predicted octanol–water partition coefficient (Wildman–Crippen LogP) is 3.30. The second-order valence-corrected chi connectivity index (χ2v) is 5.92. The van der Waals surface area contributed by atoms with E-state index in [1.165, 1.54) is 0 Å². The average Bonchev–Trinajstić information content (AvgIpc) is 2.68. The minimum absolute atomic E-state index is 0. The number of benzene rings is 2. The summed E-state index contributed by atoms with van der Waals surface area (Å²) in [4.78, 5) is 15.0. The van der Waals surface area contributed by atoms with Crippen LogP contribution in [0.5, 0.6) is 11.5 Å². The molecule has 0 bridgehead atoms. The van der Waals surface area contributed by atoms with Crippen LogP contribution in [0.4, 0.5) is 0 Å². The Morgan fingerprint density at radius 2 is 1.92 bits per heavy atom. The molecule has 1 heterocycles. The molecular formula is C20H25ClN2O3. The van der Waals surface area contributed by atoms with Gasteiger partial charge in [-0.25, -0.2) is 0 Å². The Morgan fingerprint density at radius 1 is 1.19 bits per heavy atom. The van der Waals surface area contributed by atoms with Crippen molar-refractivity contribution in [2.24, 2.45) is 0 Å². The summed E-state index contributed by atoms with van der Waals surface area (Å²) in [5, 5.41) is 3.38. The summed E-state index contributed by atoms with van der Waals surface area (Å²) < 4.78 is 10.9. The molecule has 5 nitrogen and oxygen atoms in total. The van der Waals surface area contributed by atoms with E-state index >= 15 is 0 Å². The van der Waals surface area contributed by atoms with Gasteiger partial charge >= 0.3 is 0 Å². The number of para-hydroxylation sites is 1. The largest absolute Gasteiger partial charge is 0.496 e. The fraction of sp³-hybridized carbons (Fsp3) is 0.350.